The third-order valence-electron chi connectivity index (χ3n) is 2.17. The van der Waals surface area contributed by atoms with Crippen molar-refractivity contribution in [2.75, 3.05) is 6.54 Å². The first kappa shape index (κ1) is 11.5. The lowest BCUT2D eigenvalue weighted by Gasteiger charge is -2.13. The highest BCUT2D eigenvalue weighted by Crippen LogP contribution is 2.16. The van der Waals surface area contributed by atoms with Gasteiger partial charge >= 0.3 is 0 Å². The topological polar surface area (TPSA) is 12.0 Å². The van der Waals surface area contributed by atoms with Crippen LogP contribution in [0.15, 0.2) is 41.4 Å². The van der Waals surface area contributed by atoms with Gasteiger partial charge in [0.25, 0.3) is 0 Å². The van der Waals surface area contributed by atoms with Crippen LogP contribution in [0.1, 0.15) is 24.9 Å². The van der Waals surface area contributed by atoms with Gasteiger partial charge < -0.3 is 5.32 Å². The molecule has 0 heterocycles. The van der Waals surface area contributed by atoms with Gasteiger partial charge in [-0.2, -0.15) is 0 Å². The molecule has 0 saturated heterocycles. The maximum atomic E-state index is 3.70. The number of hydrogen-bond acceptors (Lipinski definition) is 1. The van der Waals surface area contributed by atoms with Crippen molar-refractivity contribution in [2.45, 2.75) is 19.4 Å². The highest BCUT2D eigenvalue weighted by Gasteiger charge is 2.02. The van der Waals surface area contributed by atoms with E-state index in [4.69, 9.17) is 0 Å². The molecular formula is C12H16BrN. The van der Waals surface area contributed by atoms with Crippen LogP contribution in [0.4, 0.5) is 0 Å². The van der Waals surface area contributed by atoms with E-state index in [0.29, 0.717) is 6.04 Å². The van der Waals surface area contributed by atoms with Gasteiger partial charge in [0.1, 0.15) is 0 Å². The first-order valence-corrected chi connectivity index (χ1v) is 5.63. The monoisotopic (exact) mass is 253 g/mol. The molecule has 1 unspecified atom stereocenters. The molecule has 76 valence electrons. The molecule has 1 rings (SSSR count). The third-order valence-corrected chi connectivity index (χ3v) is 2.70. The summed E-state index contributed by atoms with van der Waals surface area (Å²) in [7, 11) is 0. The first-order chi connectivity index (χ1) is 6.74. The summed E-state index contributed by atoms with van der Waals surface area (Å²) in [6, 6.07) is 8.82. The van der Waals surface area contributed by atoms with Crippen LogP contribution in [0, 0.1) is 0 Å². The number of rotatable bonds is 5. The summed E-state index contributed by atoms with van der Waals surface area (Å²) >= 11 is 3.42. The zero-order valence-corrected chi connectivity index (χ0v) is 10.0. The zero-order valence-electron chi connectivity index (χ0n) is 8.46. The van der Waals surface area contributed by atoms with Crippen LogP contribution in [0.2, 0.25) is 0 Å². The van der Waals surface area contributed by atoms with Crippen LogP contribution < -0.4 is 5.32 Å². The molecule has 1 aromatic rings. The quantitative estimate of drug-likeness (QED) is 0.624. The van der Waals surface area contributed by atoms with Crippen LogP contribution in [0.5, 0.6) is 0 Å². The molecule has 1 atom stereocenters. The molecule has 0 radical (unpaired) electrons. The second kappa shape index (κ2) is 5.99. The number of hydrogen-bond donors (Lipinski definition) is 1. The average molecular weight is 254 g/mol. The summed E-state index contributed by atoms with van der Waals surface area (Å²) in [5.41, 5.74) is 1.32. The maximum absolute atomic E-state index is 3.70. The Bertz CT molecular complexity index is 279. The summed E-state index contributed by atoms with van der Waals surface area (Å²) in [5.74, 6) is 0. The Balaban J connectivity index is 2.47. The molecule has 2 heteroatoms. The van der Waals surface area contributed by atoms with Crippen LogP contribution in [-0.4, -0.2) is 6.54 Å². The smallest absolute Gasteiger partial charge is 0.0291 e. The van der Waals surface area contributed by atoms with Gasteiger partial charge in [0.15, 0.2) is 0 Å². The molecule has 0 spiro atoms. The van der Waals surface area contributed by atoms with Crippen molar-refractivity contribution in [1.82, 2.24) is 5.32 Å². The summed E-state index contributed by atoms with van der Waals surface area (Å²) in [6.45, 7) is 6.86. The molecule has 0 saturated carbocycles. The van der Waals surface area contributed by atoms with Gasteiger partial charge in [-0.05, 0) is 37.6 Å². The molecular weight excluding hydrogens is 238 g/mol. The van der Waals surface area contributed by atoms with E-state index in [0.717, 1.165) is 17.4 Å². The lowest BCUT2D eigenvalue weighted by molar-refractivity contribution is 0.581. The minimum absolute atomic E-state index is 0.406. The fourth-order valence-electron chi connectivity index (χ4n) is 1.27. The van der Waals surface area contributed by atoms with E-state index in [2.05, 4.69) is 59.0 Å². The van der Waals surface area contributed by atoms with E-state index in [-0.39, 0.29) is 0 Å². The second-order valence-electron chi connectivity index (χ2n) is 3.30. The van der Waals surface area contributed by atoms with Crippen LogP contribution in [0.25, 0.3) is 0 Å². The van der Waals surface area contributed by atoms with E-state index >= 15 is 0 Å². The van der Waals surface area contributed by atoms with E-state index in [9.17, 15) is 0 Å². The van der Waals surface area contributed by atoms with Gasteiger partial charge in [0.2, 0.25) is 0 Å². The summed E-state index contributed by atoms with van der Waals surface area (Å²) in [5, 5.41) is 3.43. The fraction of sp³-hybridized carbons (Fsp3) is 0.333. The van der Waals surface area contributed by atoms with Crippen molar-refractivity contribution in [2.24, 2.45) is 0 Å². The second-order valence-corrected chi connectivity index (χ2v) is 4.22. The molecule has 0 aliphatic carbocycles. The number of benzene rings is 1. The van der Waals surface area contributed by atoms with Gasteiger partial charge in [0.05, 0.1) is 0 Å². The average Bonchev–Trinajstić information content (AvgIpc) is 2.19. The Hall–Kier alpha value is -0.600. The molecule has 1 N–H and O–H groups in total. The summed E-state index contributed by atoms with van der Waals surface area (Å²) < 4.78 is 1.12. The molecule has 0 bridgehead atoms. The highest BCUT2D eigenvalue weighted by atomic mass is 79.9. The molecule has 1 aromatic carbocycles. The zero-order chi connectivity index (χ0) is 10.4. The van der Waals surface area contributed by atoms with E-state index in [1.165, 1.54) is 5.56 Å². The Morgan fingerprint density at radius 2 is 2.07 bits per heavy atom. The first-order valence-electron chi connectivity index (χ1n) is 4.84. The number of nitrogens with one attached hydrogen (secondary N) is 1. The molecule has 0 amide bonds. The van der Waals surface area contributed by atoms with Gasteiger partial charge in [-0.1, -0.05) is 34.1 Å². The van der Waals surface area contributed by atoms with Crippen LogP contribution in [-0.2, 0) is 0 Å². The predicted molar refractivity (Wildman–Crippen MR) is 65.4 cm³/mol. The van der Waals surface area contributed by atoms with E-state index in [1.807, 2.05) is 6.08 Å². The lowest BCUT2D eigenvalue weighted by atomic mass is 10.1. The van der Waals surface area contributed by atoms with Crippen LogP contribution in [0.3, 0.4) is 0 Å². The Morgan fingerprint density at radius 3 is 2.64 bits per heavy atom. The summed E-state index contributed by atoms with van der Waals surface area (Å²) in [4.78, 5) is 0. The van der Waals surface area contributed by atoms with Gasteiger partial charge in [-0.3, -0.25) is 0 Å². The van der Waals surface area contributed by atoms with Crippen molar-refractivity contribution >= 4 is 15.9 Å². The fourth-order valence-corrected chi connectivity index (χ4v) is 1.54. The molecule has 0 aliphatic rings. The lowest BCUT2D eigenvalue weighted by Crippen LogP contribution is -2.19. The van der Waals surface area contributed by atoms with Crippen LogP contribution >= 0.6 is 15.9 Å². The minimum Gasteiger partial charge on any atom is -0.310 e. The Labute approximate surface area is 94.3 Å². The SMILES string of the molecule is C=CCCNC(C)c1ccc(Br)cc1. The van der Waals surface area contributed by atoms with Gasteiger partial charge in [-0.15, -0.1) is 6.58 Å². The minimum atomic E-state index is 0.406. The number of halogens is 1. The molecule has 0 fully saturated rings. The van der Waals surface area contributed by atoms with E-state index < -0.39 is 0 Å². The molecule has 0 aromatic heterocycles. The Morgan fingerprint density at radius 1 is 1.43 bits per heavy atom. The van der Waals surface area contributed by atoms with Crippen molar-refractivity contribution in [3.05, 3.63) is 47.0 Å². The summed E-state index contributed by atoms with van der Waals surface area (Å²) in [6.07, 6.45) is 2.95. The third kappa shape index (κ3) is 3.64. The van der Waals surface area contributed by atoms with E-state index in [1.54, 1.807) is 0 Å². The predicted octanol–water partition coefficient (Wildman–Crippen LogP) is 3.68. The van der Waals surface area contributed by atoms with Crippen molar-refractivity contribution in [1.29, 1.82) is 0 Å². The molecule has 0 aliphatic heterocycles. The Kier molecular flexibility index (Phi) is 4.91. The normalized spacial score (nSPS) is 12.4. The van der Waals surface area contributed by atoms with Crippen molar-refractivity contribution in [3.63, 3.8) is 0 Å². The standard InChI is InChI=1S/C12H16BrN/c1-3-4-9-14-10(2)11-5-7-12(13)8-6-11/h3,5-8,10,14H,1,4,9H2,2H3. The van der Waals surface area contributed by atoms with Gasteiger partial charge in [-0.25, -0.2) is 0 Å². The van der Waals surface area contributed by atoms with Crippen molar-refractivity contribution in [3.8, 4) is 0 Å². The highest BCUT2D eigenvalue weighted by molar-refractivity contribution is 9.10. The van der Waals surface area contributed by atoms with Gasteiger partial charge in [0, 0.05) is 10.5 Å². The molecule has 14 heavy (non-hydrogen) atoms. The largest absolute Gasteiger partial charge is 0.310 e. The van der Waals surface area contributed by atoms with Crippen molar-refractivity contribution < 1.29 is 0 Å². The molecule has 1 nitrogen and oxygen atoms in total. The maximum Gasteiger partial charge on any atom is 0.0291 e.